The molecule has 0 saturated carbocycles. The van der Waals surface area contributed by atoms with Crippen molar-refractivity contribution in [2.24, 2.45) is 11.7 Å². The molecule has 528 valence electrons. The number of likely N-dealkylation sites (N-methyl/N-ethyl adjacent to an activating group) is 1. The molecule has 7 amide bonds. The highest BCUT2D eigenvalue weighted by Gasteiger charge is 2.35. The normalized spacial score (nSPS) is 16.5. The zero-order valence-electron chi connectivity index (χ0n) is 56.2. The molecule has 29 nitrogen and oxygen atoms in total. The van der Waals surface area contributed by atoms with E-state index in [0.29, 0.717) is 176 Å². The van der Waals surface area contributed by atoms with Crippen molar-refractivity contribution in [1.29, 1.82) is 0 Å². The number of aryl methyl sites for hydroxylation is 1. The number of primary amides is 1. The maximum Gasteiger partial charge on any atom is 0.325 e. The molecule has 0 unspecified atom stereocenters. The van der Waals surface area contributed by atoms with Gasteiger partial charge in [0.15, 0.2) is 11.5 Å². The topological polar surface area (TPSA) is 327 Å². The van der Waals surface area contributed by atoms with Crippen LogP contribution in [0.5, 0.6) is 0 Å². The molecule has 0 radical (unpaired) electrons. The van der Waals surface area contributed by atoms with Crippen LogP contribution >= 0.6 is 0 Å². The third kappa shape index (κ3) is 19.7. The van der Waals surface area contributed by atoms with Gasteiger partial charge < -0.3 is 75.0 Å². The molecule has 4 aliphatic heterocycles. The lowest BCUT2D eigenvalue weighted by atomic mass is 9.89. The molecule has 3 aromatic heterocycles. The van der Waals surface area contributed by atoms with Crippen LogP contribution < -0.4 is 31.9 Å². The predicted octanol–water partition coefficient (Wildman–Crippen LogP) is 3.58. The van der Waals surface area contributed by atoms with Crippen molar-refractivity contribution in [2.75, 3.05) is 169 Å². The molecule has 4 saturated heterocycles. The lowest BCUT2D eigenvalue weighted by Crippen LogP contribution is -2.49. The number of halogens is 1. The third-order valence-electron chi connectivity index (χ3n) is 18.3. The highest BCUT2D eigenvalue weighted by Crippen LogP contribution is 2.36. The number of ether oxygens (including phenoxy) is 6. The first-order valence-corrected chi connectivity index (χ1v) is 33.8. The molecule has 6 N–H and O–H groups in total. The van der Waals surface area contributed by atoms with Crippen molar-refractivity contribution in [1.82, 2.24) is 65.1 Å². The summed E-state index contributed by atoms with van der Waals surface area (Å²) in [6.45, 7) is 11.7. The highest BCUT2D eigenvalue weighted by molar-refractivity contribution is 6.00. The van der Waals surface area contributed by atoms with E-state index in [9.17, 15) is 33.6 Å². The first kappa shape index (κ1) is 71.8. The molecule has 30 heteroatoms. The molecule has 10 rings (SSSR count). The van der Waals surface area contributed by atoms with Crippen molar-refractivity contribution in [3.8, 4) is 11.1 Å². The number of carbonyl (C=O) groups excluding carboxylic acids is 7. The van der Waals surface area contributed by atoms with Gasteiger partial charge in [-0.2, -0.15) is 10.2 Å². The fourth-order valence-corrected chi connectivity index (χ4v) is 12.9. The molecule has 0 spiro atoms. The van der Waals surface area contributed by atoms with E-state index >= 15 is 4.39 Å². The molecular weight excluding hydrogens is 1270 g/mol. The Morgan fingerprint density at radius 1 is 0.694 bits per heavy atom. The predicted molar refractivity (Wildman–Crippen MR) is 361 cm³/mol. The summed E-state index contributed by atoms with van der Waals surface area (Å²) in [6, 6.07) is 16.9. The van der Waals surface area contributed by atoms with E-state index in [1.807, 2.05) is 45.8 Å². The van der Waals surface area contributed by atoms with Gasteiger partial charge in [0.1, 0.15) is 24.7 Å². The standard InChI is InChI=1S/C68H91FN16O13/c1-46-64-53(7-4-8-56(64)85(78-46)45-61(88)72-40-59(86)73-41-63(90)93-3)54-37-57-50(36-55(54)69)38-75-84(57)42-47-13-20-80(21-14-47)44-60(87)71-18-27-95-29-31-97-33-35-98-34-32-96-30-28-94-26-17-62(89)81-22-15-49(16-23-81)48-9-11-51(12-10-48)76-67-65(66(70)91)74-39-58(77-67)82-19-5-6-52(43-82)83-25-24-79(2)68(83)92/h4,7-12,36-39,47,49,52H,5-6,13-35,40-45H2,1-3H3,(H2,70,91)(H,71,87)(H,72,88)(H,73,86)(H,76,77)/t52-/m1/s1. The van der Waals surface area contributed by atoms with Crippen LogP contribution in [0.1, 0.15) is 72.6 Å². The molecule has 3 aromatic carbocycles. The smallest absolute Gasteiger partial charge is 0.325 e. The molecule has 7 heterocycles. The van der Waals surface area contributed by atoms with Gasteiger partial charge in [0.2, 0.25) is 23.6 Å². The number of urea groups is 1. The summed E-state index contributed by atoms with van der Waals surface area (Å²) in [6.07, 6.45) is 8.79. The third-order valence-corrected chi connectivity index (χ3v) is 18.3. The molecule has 4 aliphatic rings. The van der Waals surface area contributed by atoms with Crippen LogP contribution in [-0.4, -0.2) is 255 Å². The number of likely N-dealkylation sites (tertiary alicyclic amines) is 2. The number of nitrogens with two attached hydrogens (primary N) is 1. The van der Waals surface area contributed by atoms with Crippen molar-refractivity contribution in [3.63, 3.8) is 0 Å². The minimum atomic E-state index is -0.683. The number of benzene rings is 3. The number of methoxy groups -OCH3 is 1. The Morgan fingerprint density at radius 3 is 2.06 bits per heavy atom. The molecule has 0 bridgehead atoms. The Kier molecular flexibility index (Phi) is 26.0. The lowest BCUT2D eigenvalue weighted by Gasteiger charge is -2.37. The summed E-state index contributed by atoms with van der Waals surface area (Å²) in [5, 5.41) is 21.7. The summed E-state index contributed by atoms with van der Waals surface area (Å²) in [5.41, 5.74) is 10.7. The second-order valence-electron chi connectivity index (χ2n) is 25.0. The molecular formula is C68H91FN16O13. The van der Waals surface area contributed by atoms with Crippen molar-refractivity contribution in [2.45, 2.75) is 76.9 Å². The number of hydrogen-bond acceptors (Lipinski definition) is 20. The maximum atomic E-state index is 15.9. The SMILES string of the molecule is COC(=O)CNC(=O)CNC(=O)Cn1nc(C)c2c(-c3cc4c(cnn4CC4CCN(CC(=O)NCCOCCOCCOCCOCCOCCC(=O)N5CCC(c6ccc(Nc7nc(N8CCC[C@@H](N9CCN(C)C9=O)C8)cnc7C(N)=O)cc6)CC5)CC4)cc3F)cccc21. The summed E-state index contributed by atoms with van der Waals surface area (Å²) in [7, 11) is 3.03. The zero-order valence-corrected chi connectivity index (χ0v) is 56.2. The van der Waals surface area contributed by atoms with Crippen molar-refractivity contribution < 1.29 is 66.4 Å². The number of aromatic nitrogens is 6. The van der Waals surface area contributed by atoms with Gasteiger partial charge in [-0.1, -0.05) is 24.3 Å². The molecule has 0 aliphatic carbocycles. The van der Waals surface area contributed by atoms with E-state index in [2.05, 4.69) is 63.1 Å². The van der Waals surface area contributed by atoms with Gasteiger partial charge in [-0.25, -0.2) is 19.2 Å². The monoisotopic (exact) mass is 1360 g/mol. The summed E-state index contributed by atoms with van der Waals surface area (Å²) in [5.74, 6) is -1.23. The number of hydrogen-bond donors (Lipinski definition) is 5. The van der Waals surface area contributed by atoms with E-state index in [0.717, 1.165) is 69.4 Å². The quantitative estimate of drug-likeness (QED) is 0.0280. The minimum absolute atomic E-state index is 0.0471. The Hall–Kier alpha value is -8.94. The lowest BCUT2D eigenvalue weighted by molar-refractivity contribution is -0.141. The minimum Gasteiger partial charge on any atom is -0.468 e. The largest absolute Gasteiger partial charge is 0.468 e. The summed E-state index contributed by atoms with van der Waals surface area (Å²) < 4.78 is 52.1. The molecule has 6 aromatic rings. The number of piperidine rings is 3. The van der Waals surface area contributed by atoms with E-state index in [-0.39, 0.29) is 55.0 Å². The number of fused-ring (bicyclic) bond motifs is 2. The first-order valence-electron chi connectivity index (χ1n) is 33.8. The Morgan fingerprint density at radius 2 is 1.38 bits per heavy atom. The number of rotatable bonds is 35. The number of esters is 1. The average molecular weight is 1360 g/mol. The molecule has 4 fully saturated rings. The molecule has 1 atom stereocenters. The summed E-state index contributed by atoms with van der Waals surface area (Å²) >= 11 is 0. The number of amides is 7. The van der Waals surface area contributed by atoms with E-state index < -0.39 is 29.5 Å². The Bertz CT molecular complexity index is 3710. The molecule has 98 heavy (non-hydrogen) atoms. The highest BCUT2D eigenvalue weighted by atomic mass is 19.1. The zero-order chi connectivity index (χ0) is 68.9. The Balaban J connectivity index is 0.518. The number of carbonyl (C=O) groups is 7. The van der Waals surface area contributed by atoms with Gasteiger partial charge in [-0.15, -0.1) is 0 Å². The van der Waals surface area contributed by atoms with Gasteiger partial charge in [-0.05, 0) is 112 Å². The average Bonchev–Trinajstić information content (AvgIpc) is 1.57. The van der Waals surface area contributed by atoms with Crippen LogP contribution in [0.2, 0.25) is 0 Å². The maximum absolute atomic E-state index is 15.9. The van der Waals surface area contributed by atoms with Crippen LogP contribution in [0.15, 0.2) is 67.0 Å². The summed E-state index contributed by atoms with van der Waals surface area (Å²) in [4.78, 5) is 106. The van der Waals surface area contributed by atoms with Crippen LogP contribution in [0.25, 0.3) is 32.9 Å². The van der Waals surface area contributed by atoms with Gasteiger partial charge in [0, 0.05) is 81.4 Å². The second-order valence-corrected chi connectivity index (χ2v) is 25.0. The van der Waals surface area contributed by atoms with Crippen LogP contribution in [0.4, 0.5) is 26.5 Å². The fourth-order valence-electron chi connectivity index (χ4n) is 12.9. The van der Waals surface area contributed by atoms with Crippen LogP contribution in [-0.2, 0) is 65.5 Å². The first-order chi connectivity index (χ1) is 47.6. The van der Waals surface area contributed by atoms with Gasteiger partial charge in [-0.3, -0.25) is 43.0 Å². The van der Waals surface area contributed by atoms with Crippen molar-refractivity contribution >= 4 is 80.7 Å². The second kappa shape index (κ2) is 35.5. The van der Waals surface area contributed by atoms with Crippen molar-refractivity contribution in [3.05, 3.63) is 89.8 Å². The van der Waals surface area contributed by atoms with E-state index in [4.69, 9.17) is 34.4 Å². The van der Waals surface area contributed by atoms with Gasteiger partial charge in [0.25, 0.3) is 5.91 Å². The van der Waals surface area contributed by atoms with Crippen LogP contribution in [0.3, 0.4) is 0 Å². The number of nitrogens with one attached hydrogen (secondary N) is 4. The van der Waals surface area contributed by atoms with E-state index in [1.165, 1.54) is 23.4 Å². The van der Waals surface area contributed by atoms with Crippen LogP contribution in [0, 0.1) is 18.7 Å². The number of anilines is 3. The fraction of sp³-hybridized carbons (Fsp3) is 0.544. The Labute approximate surface area is 568 Å². The van der Waals surface area contributed by atoms with E-state index in [1.54, 1.807) is 36.4 Å². The van der Waals surface area contributed by atoms with Gasteiger partial charge in [0.05, 0.1) is 128 Å². The van der Waals surface area contributed by atoms with Gasteiger partial charge >= 0.3 is 12.0 Å². The number of nitrogens with zero attached hydrogens (tertiary/aromatic N) is 11.